The van der Waals surface area contributed by atoms with E-state index in [1.54, 1.807) is 13.0 Å². The van der Waals surface area contributed by atoms with Crippen molar-refractivity contribution in [3.63, 3.8) is 0 Å². The molecule has 3 rings (SSSR count). The van der Waals surface area contributed by atoms with Crippen LogP contribution in [0.2, 0.25) is 0 Å². The maximum atomic E-state index is 12.3. The van der Waals surface area contributed by atoms with Crippen molar-refractivity contribution in [2.75, 3.05) is 11.9 Å². The van der Waals surface area contributed by atoms with Crippen LogP contribution in [0.15, 0.2) is 54.1 Å². The van der Waals surface area contributed by atoms with Gasteiger partial charge in [-0.2, -0.15) is 0 Å². The van der Waals surface area contributed by atoms with Gasteiger partial charge in [0.1, 0.15) is 12.4 Å². The van der Waals surface area contributed by atoms with Gasteiger partial charge in [0.05, 0.1) is 5.57 Å². The number of carbonyl (C=O) groups is 2. The largest absolute Gasteiger partial charge is 0.488 e. The molecule has 0 spiro atoms. The van der Waals surface area contributed by atoms with Crippen LogP contribution < -0.4 is 10.1 Å². The van der Waals surface area contributed by atoms with E-state index in [4.69, 9.17) is 9.47 Å². The Labute approximate surface area is 152 Å². The maximum absolute atomic E-state index is 12.3. The average Bonchev–Trinajstić information content (AvgIpc) is 2.68. The van der Waals surface area contributed by atoms with Gasteiger partial charge in [0.15, 0.2) is 6.10 Å². The Balaban J connectivity index is 1.60. The Morgan fingerprint density at radius 2 is 1.88 bits per heavy atom. The van der Waals surface area contributed by atoms with E-state index in [-0.39, 0.29) is 12.5 Å². The lowest BCUT2D eigenvalue weighted by Crippen LogP contribution is -2.31. The predicted molar refractivity (Wildman–Crippen MR) is 99.9 cm³/mol. The molecule has 0 bridgehead atoms. The third-order valence-electron chi connectivity index (χ3n) is 4.18. The molecule has 0 unspecified atom stereocenters. The summed E-state index contributed by atoms with van der Waals surface area (Å²) in [4.78, 5) is 24.6. The first kappa shape index (κ1) is 17.7. The summed E-state index contributed by atoms with van der Waals surface area (Å²) in [7, 11) is 0. The van der Waals surface area contributed by atoms with Gasteiger partial charge in [0.25, 0.3) is 5.91 Å². The van der Waals surface area contributed by atoms with Crippen molar-refractivity contribution in [3.05, 3.63) is 65.2 Å². The maximum Gasteiger partial charge on any atom is 0.338 e. The summed E-state index contributed by atoms with van der Waals surface area (Å²) in [6, 6.07) is 15.0. The van der Waals surface area contributed by atoms with Crippen molar-refractivity contribution >= 4 is 23.6 Å². The van der Waals surface area contributed by atoms with Gasteiger partial charge < -0.3 is 14.8 Å². The number of rotatable bonds is 5. The number of ether oxygens (including phenoxy) is 2. The first-order chi connectivity index (χ1) is 12.6. The fraction of sp³-hybridized carbons (Fsp3) is 0.238. The van der Waals surface area contributed by atoms with E-state index >= 15 is 0 Å². The molecule has 1 aliphatic heterocycles. The average molecular weight is 351 g/mol. The number of amides is 1. The number of hydrogen-bond acceptors (Lipinski definition) is 4. The van der Waals surface area contributed by atoms with Crippen molar-refractivity contribution in [1.29, 1.82) is 0 Å². The highest BCUT2D eigenvalue weighted by atomic mass is 16.6. The van der Waals surface area contributed by atoms with E-state index in [9.17, 15) is 9.59 Å². The number of hydrogen-bond donors (Lipinski definition) is 1. The van der Waals surface area contributed by atoms with Crippen molar-refractivity contribution in [1.82, 2.24) is 0 Å². The minimum absolute atomic E-state index is 0.128. The fourth-order valence-corrected chi connectivity index (χ4v) is 2.59. The zero-order valence-corrected chi connectivity index (χ0v) is 14.8. The summed E-state index contributed by atoms with van der Waals surface area (Å²) in [5.74, 6) is -0.200. The van der Waals surface area contributed by atoms with Gasteiger partial charge in [-0.3, -0.25) is 4.79 Å². The molecule has 0 radical (unpaired) electrons. The lowest BCUT2D eigenvalue weighted by Gasteiger charge is -2.19. The number of carbonyl (C=O) groups excluding carboxylic acids is 2. The zero-order chi connectivity index (χ0) is 18.5. The molecule has 0 aromatic heterocycles. The summed E-state index contributed by atoms with van der Waals surface area (Å²) in [5.41, 5.74) is 3.06. The van der Waals surface area contributed by atoms with Gasteiger partial charge in [-0.1, -0.05) is 37.3 Å². The van der Waals surface area contributed by atoms with Crippen LogP contribution in [-0.2, 0) is 20.7 Å². The molecule has 2 aromatic carbocycles. The second-order valence-electron chi connectivity index (χ2n) is 6.08. The summed E-state index contributed by atoms with van der Waals surface area (Å²) >= 11 is 0. The molecule has 0 saturated carbocycles. The Morgan fingerprint density at radius 1 is 1.15 bits per heavy atom. The van der Waals surface area contributed by atoms with E-state index in [0.717, 1.165) is 17.7 Å². The Bertz CT molecular complexity index is 839. The number of para-hydroxylation sites is 1. The van der Waals surface area contributed by atoms with E-state index in [2.05, 4.69) is 12.2 Å². The predicted octanol–water partition coefficient (Wildman–Crippen LogP) is 3.60. The van der Waals surface area contributed by atoms with Crippen LogP contribution in [0.3, 0.4) is 0 Å². The number of esters is 1. The Morgan fingerprint density at radius 3 is 2.62 bits per heavy atom. The molecule has 1 heterocycles. The van der Waals surface area contributed by atoms with E-state index in [0.29, 0.717) is 11.3 Å². The highest BCUT2D eigenvalue weighted by Gasteiger charge is 2.23. The summed E-state index contributed by atoms with van der Waals surface area (Å²) in [6.07, 6.45) is 1.75. The van der Waals surface area contributed by atoms with Crippen LogP contribution in [-0.4, -0.2) is 24.6 Å². The van der Waals surface area contributed by atoms with Crippen molar-refractivity contribution in [2.45, 2.75) is 26.4 Å². The summed E-state index contributed by atoms with van der Waals surface area (Å²) in [5, 5.41) is 2.75. The molecule has 1 atom stereocenters. The lowest BCUT2D eigenvalue weighted by molar-refractivity contribution is -0.149. The molecule has 26 heavy (non-hydrogen) atoms. The van der Waals surface area contributed by atoms with Gasteiger partial charge in [-0.25, -0.2) is 4.79 Å². The smallest absolute Gasteiger partial charge is 0.338 e. The van der Waals surface area contributed by atoms with Gasteiger partial charge in [0, 0.05) is 11.3 Å². The third-order valence-corrected chi connectivity index (χ3v) is 4.18. The highest BCUT2D eigenvalue weighted by Crippen LogP contribution is 2.26. The molecule has 5 nitrogen and oxygen atoms in total. The van der Waals surface area contributed by atoms with Crippen LogP contribution >= 0.6 is 0 Å². The Kier molecular flexibility index (Phi) is 5.37. The van der Waals surface area contributed by atoms with Crippen molar-refractivity contribution in [2.24, 2.45) is 0 Å². The second-order valence-corrected chi connectivity index (χ2v) is 6.08. The standard InChI is InChI=1S/C21H21NO4/c1-3-15-8-10-18(11-9-15)22-20(23)14(2)26-21(24)17-12-16-6-4-5-7-19(16)25-13-17/h4-12,14H,3,13H2,1-2H3,(H,22,23)/t14-/m1/s1. The molecular weight excluding hydrogens is 330 g/mol. The van der Waals surface area contributed by atoms with E-state index in [1.165, 1.54) is 5.56 Å². The SMILES string of the molecule is CCc1ccc(NC(=O)[C@@H](C)OC(=O)C2=Cc3ccccc3OC2)cc1. The number of fused-ring (bicyclic) bond motifs is 1. The third kappa shape index (κ3) is 4.11. The molecule has 1 amide bonds. The number of benzene rings is 2. The number of anilines is 1. The monoisotopic (exact) mass is 351 g/mol. The molecule has 0 saturated heterocycles. The van der Waals surface area contributed by atoms with Gasteiger partial charge in [-0.05, 0) is 43.2 Å². The zero-order valence-electron chi connectivity index (χ0n) is 14.8. The number of nitrogens with one attached hydrogen (secondary N) is 1. The molecule has 0 aliphatic carbocycles. The first-order valence-electron chi connectivity index (χ1n) is 8.60. The molecular formula is C21H21NO4. The van der Waals surface area contributed by atoms with Crippen LogP contribution in [0.25, 0.3) is 6.08 Å². The Hall–Kier alpha value is -3.08. The lowest BCUT2D eigenvalue weighted by atomic mass is 10.1. The van der Waals surface area contributed by atoms with E-state index in [1.807, 2.05) is 48.5 Å². The molecule has 0 fully saturated rings. The topological polar surface area (TPSA) is 64.6 Å². The van der Waals surface area contributed by atoms with Crippen LogP contribution in [0, 0.1) is 0 Å². The van der Waals surface area contributed by atoms with Crippen LogP contribution in [0.1, 0.15) is 25.0 Å². The van der Waals surface area contributed by atoms with Gasteiger partial charge in [-0.15, -0.1) is 0 Å². The highest BCUT2D eigenvalue weighted by molar-refractivity contribution is 5.99. The van der Waals surface area contributed by atoms with Gasteiger partial charge >= 0.3 is 5.97 Å². The van der Waals surface area contributed by atoms with E-state index < -0.39 is 12.1 Å². The molecule has 134 valence electrons. The fourth-order valence-electron chi connectivity index (χ4n) is 2.59. The number of aryl methyl sites for hydroxylation is 1. The van der Waals surface area contributed by atoms with Crippen molar-refractivity contribution in [3.8, 4) is 5.75 Å². The van der Waals surface area contributed by atoms with Crippen LogP contribution in [0.5, 0.6) is 5.75 Å². The summed E-state index contributed by atoms with van der Waals surface area (Å²) < 4.78 is 10.8. The quantitative estimate of drug-likeness (QED) is 0.836. The molecule has 5 heteroatoms. The molecule has 1 aliphatic rings. The first-order valence-corrected chi connectivity index (χ1v) is 8.60. The summed E-state index contributed by atoms with van der Waals surface area (Å²) in [6.45, 7) is 3.74. The minimum Gasteiger partial charge on any atom is -0.488 e. The normalized spacial score (nSPS) is 13.7. The molecule has 1 N–H and O–H groups in total. The second kappa shape index (κ2) is 7.87. The minimum atomic E-state index is -0.911. The van der Waals surface area contributed by atoms with Crippen molar-refractivity contribution < 1.29 is 19.1 Å². The molecule has 2 aromatic rings. The van der Waals surface area contributed by atoms with Gasteiger partial charge in [0.2, 0.25) is 0 Å². The van der Waals surface area contributed by atoms with Crippen LogP contribution in [0.4, 0.5) is 5.69 Å².